The third-order valence-electron chi connectivity index (χ3n) is 4.74. The fourth-order valence-corrected chi connectivity index (χ4v) is 3.36. The number of amides is 2. The molecule has 0 spiro atoms. The molecule has 1 aliphatic rings. The van der Waals surface area contributed by atoms with Crippen LogP contribution in [0.4, 0.5) is 24.5 Å². The normalized spacial score (nSPS) is 16.5. The van der Waals surface area contributed by atoms with E-state index >= 15 is 0 Å². The summed E-state index contributed by atoms with van der Waals surface area (Å²) < 4.78 is 46.8. The second-order valence-electron chi connectivity index (χ2n) is 7.13. The molecule has 3 rings (SSSR count). The van der Waals surface area contributed by atoms with Crippen LogP contribution in [0.2, 0.25) is 5.02 Å². The van der Waals surface area contributed by atoms with Crippen molar-refractivity contribution >= 4 is 34.8 Å². The number of carbonyl (C=O) groups excluding carboxylic acids is 2. The summed E-state index contributed by atoms with van der Waals surface area (Å²) in [6.45, 7) is 0.252. The summed E-state index contributed by atoms with van der Waals surface area (Å²) in [5.74, 6) is -0.970. The Balaban J connectivity index is 1.71. The molecule has 0 unspecified atom stereocenters. The molecular weight excluding hydrogens is 435 g/mol. The predicted octanol–water partition coefficient (Wildman–Crippen LogP) is 3.96. The highest BCUT2D eigenvalue weighted by atomic mass is 35.5. The average molecular weight is 456 g/mol. The molecule has 1 aliphatic heterocycles. The standard InChI is InChI=1S/C21H21ClF3N3O3/c1-27(10-11-31-15-8-6-14(22)7-9-15)13-20(30)28-17-5-3-2-4-16(17)26-19(29)12-18(28)21(23,24)25/h2-9,18H,10-13H2,1H3,(H,26,29)/t18-/m1/s1. The quantitative estimate of drug-likeness (QED) is 0.716. The Morgan fingerprint density at radius 3 is 2.58 bits per heavy atom. The van der Waals surface area contributed by atoms with Gasteiger partial charge in [0.25, 0.3) is 0 Å². The molecule has 0 aromatic heterocycles. The van der Waals surface area contributed by atoms with Crippen LogP contribution < -0.4 is 15.0 Å². The highest BCUT2D eigenvalue weighted by Crippen LogP contribution is 2.37. The molecule has 0 fully saturated rings. The van der Waals surface area contributed by atoms with E-state index in [0.717, 1.165) is 0 Å². The summed E-state index contributed by atoms with van der Waals surface area (Å²) in [4.78, 5) is 27.2. The number of benzene rings is 2. The average Bonchev–Trinajstić information content (AvgIpc) is 2.85. The van der Waals surface area contributed by atoms with E-state index in [9.17, 15) is 22.8 Å². The number of nitrogens with one attached hydrogen (secondary N) is 1. The first-order chi connectivity index (χ1) is 14.6. The van der Waals surface area contributed by atoms with Gasteiger partial charge in [-0.05, 0) is 43.4 Å². The number of alkyl halides is 3. The van der Waals surface area contributed by atoms with Gasteiger partial charge in [0.2, 0.25) is 11.8 Å². The Bertz CT molecular complexity index is 937. The van der Waals surface area contributed by atoms with E-state index in [1.165, 1.54) is 18.2 Å². The molecule has 2 amide bonds. The number of hydrogen-bond acceptors (Lipinski definition) is 4. The van der Waals surface area contributed by atoms with Crippen LogP contribution in [0.3, 0.4) is 0 Å². The summed E-state index contributed by atoms with van der Waals surface area (Å²) in [5.41, 5.74) is 0.188. The number of likely N-dealkylation sites (N-methyl/N-ethyl adjacent to an activating group) is 1. The molecule has 2 aromatic carbocycles. The molecular formula is C21H21ClF3N3O3. The second-order valence-corrected chi connectivity index (χ2v) is 7.57. The first kappa shape index (κ1) is 22.9. The molecule has 166 valence electrons. The Kier molecular flexibility index (Phi) is 7.07. The summed E-state index contributed by atoms with van der Waals surface area (Å²) in [6, 6.07) is 10.4. The molecule has 0 aliphatic carbocycles. The zero-order valence-corrected chi connectivity index (χ0v) is 17.4. The van der Waals surface area contributed by atoms with Gasteiger partial charge in [0.1, 0.15) is 18.4 Å². The molecule has 6 nitrogen and oxygen atoms in total. The number of anilines is 2. The lowest BCUT2D eigenvalue weighted by Crippen LogP contribution is -2.52. The molecule has 10 heteroatoms. The smallest absolute Gasteiger partial charge is 0.409 e. The van der Waals surface area contributed by atoms with Gasteiger partial charge in [-0.1, -0.05) is 23.7 Å². The van der Waals surface area contributed by atoms with E-state index in [1.807, 2.05) is 0 Å². The van der Waals surface area contributed by atoms with E-state index in [4.69, 9.17) is 16.3 Å². The minimum absolute atomic E-state index is 0.0199. The molecule has 0 saturated carbocycles. The number of hydrogen-bond donors (Lipinski definition) is 1. The van der Waals surface area contributed by atoms with Crippen molar-refractivity contribution in [2.45, 2.75) is 18.6 Å². The largest absolute Gasteiger partial charge is 0.492 e. The second kappa shape index (κ2) is 9.57. The number of rotatable bonds is 6. The molecule has 1 heterocycles. The van der Waals surface area contributed by atoms with Gasteiger partial charge in [-0.2, -0.15) is 13.2 Å². The van der Waals surface area contributed by atoms with Crippen LogP contribution in [0.5, 0.6) is 5.75 Å². The van der Waals surface area contributed by atoms with Crippen LogP contribution in [-0.4, -0.2) is 55.7 Å². The van der Waals surface area contributed by atoms with Crippen molar-refractivity contribution in [1.29, 1.82) is 0 Å². The fourth-order valence-electron chi connectivity index (χ4n) is 3.23. The first-order valence-corrected chi connectivity index (χ1v) is 9.87. The predicted molar refractivity (Wildman–Crippen MR) is 111 cm³/mol. The zero-order chi connectivity index (χ0) is 22.6. The lowest BCUT2D eigenvalue weighted by Gasteiger charge is -2.32. The van der Waals surface area contributed by atoms with Gasteiger partial charge in [-0.3, -0.25) is 19.4 Å². The van der Waals surface area contributed by atoms with Gasteiger partial charge < -0.3 is 10.1 Å². The number of fused-ring (bicyclic) bond motifs is 1. The van der Waals surface area contributed by atoms with Crippen molar-refractivity contribution in [3.8, 4) is 5.75 Å². The van der Waals surface area contributed by atoms with E-state index in [1.54, 1.807) is 42.3 Å². The number of ether oxygens (including phenoxy) is 1. The van der Waals surface area contributed by atoms with E-state index in [-0.39, 0.29) is 24.5 Å². The lowest BCUT2D eigenvalue weighted by atomic mass is 10.1. The van der Waals surface area contributed by atoms with Crippen LogP contribution >= 0.6 is 11.6 Å². The minimum Gasteiger partial charge on any atom is -0.492 e. The summed E-state index contributed by atoms with van der Waals surface area (Å²) in [7, 11) is 1.61. The molecule has 1 atom stereocenters. The maximum Gasteiger partial charge on any atom is 0.409 e. The Morgan fingerprint density at radius 2 is 1.90 bits per heavy atom. The molecule has 0 saturated heterocycles. The van der Waals surface area contributed by atoms with Crippen molar-refractivity contribution in [3.05, 3.63) is 53.6 Å². The molecule has 2 aromatic rings. The van der Waals surface area contributed by atoms with Gasteiger partial charge in [0.05, 0.1) is 24.3 Å². The highest BCUT2D eigenvalue weighted by molar-refractivity contribution is 6.30. The number of nitrogens with zero attached hydrogens (tertiary/aromatic N) is 2. The SMILES string of the molecule is CN(CCOc1ccc(Cl)cc1)CC(=O)N1c2ccccc2NC(=O)C[C@@H]1C(F)(F)F. The first-order valence-electron chi connectivity index (χ1n) is 9.49. The summed E-state index contributed by atoms with van der Waals surface area (Å²) in [5, 5.41) is 3.01. The summed E-state index contributed by atoms with van der Waals surface area (Å²) in [6.07, 6.45) is -5.63. The van der Waals surface area contributed by atoms with Gasteiger partial charge >= 0.3 is 6.18 Å². The van der Waals surface area contributed by atoms with E-state index in [2.05, 4.69) is 5.32 Å². The van der Waals surface area contributed by atoms with Crippen LogP contribution in [0.15, 0.2) is 48.5 Å². The number of halogens is 4. The molecule has 1 N–H and O–H groups in total. The highest BCUT2D eigenvalue weighted by Gasteiger charge is 2.49. The van der Waals surface area contributed by atoms with Gasteiger partial charge in [0.15, 0.2) is 0 Å². The number of para-hydroxylation sites is 2. The lowest BCUT2D eigenvalue weighted by molar-refractivity contribution is -0.158. The summed E-state index contributed by atoms with van der Waals surface area (Å²) >= 11 is 5.82. The van der Waals surface area contributed by atoms with Crippen molar-refractivity contribution in [2.75, 3.05) is 37.0 Å². The third kappa shape index (κ3) is 5.89. The topological polar surface area (TPSA) is 61.9 Å². The molecule has 31 heavy (non-hydrogen) atoms. The van der Waals surface area contributed by atoms with Crippen molar-refractivity contribution < 1.29 is 27.5 Å². The maximum absolute atomic E-state index is 13.7. The third-order valence-corrected chi connectivity index (χ3v) is 4.99. The van der Waals surface area contributed by atoms with E-state index in [0.29, 0.717) is 22.2 Å². The Hall–Kier alpha value is -2.78. The monoisotopic (exact) mass is 455 g/mol. The van der Waals surface area contributed by atoms with Crippen LogP contribution in [-0.2, 0) is 9.59 Å². The van der Waals surface area contributed by atoms with Crippen LogP contribution in [0, 0.1) is 0 Å². The van der Waals surface area contributed by atoms with Gasteiger partial charge in [-0.15, -0.1) is 0 Å². The number of carbonyl (C=O) groups is 2. The van der Waals surface area contributed by atoms with Gasteiger partial charge in [0, 0.05) is 11.6 Å². The fraction of sp³-hybridized carbons (Fsp3) is 0.333. The molecule has 0 bridgehead atoms. The van der Waals surface area contributed by atoms with E-state index < -0.39 is 30.5 Å². The maximum atomic E-state index is 13.7. The Morgan fingerprint density at radius 1 is 1.23 bits per heavy atom. The Labute approximate surface area is 182 Å². The van der Waals surface area contributed by atoms with Crippen LogP contribution in [0.1, 0.15) is 6.42 Å². The van der Waals surface area contributed by atoms with Gasteiger partial charge in [-0.25, -0.2) is 0 Å². The zero-order valence-electron chi connectivity index (χ0n) is 16.7. The molecule has 0 radical (unpaired) electrons. The van der Waals surface area contributed by atoms with Crippen molar-refractivity contribution in [3.63, 3.8) is 0 Å². The van der Waals surface area contributed by atoms with Crippen molar-refractivity contribution in [1.82, 2.24) is 4.90 Å². The van der Waals surface area contributed by atoms with Crippen LogP contribution in [0.25, 0.3) is 0 Å². The van der Waals surface area contributed by atoms with Crippen molar-refractivity contribution in [2.24, 2.45) is 0 Å². The minimum atomic E-state index is -4.76.